The molecule has 6 N–H and O–H groups in total. The minimum absolute atomic E-state index is 0.184. The molecule has 3 rings (SSSR count). The average Bonchev–Trinajstić information content (AvgIpc) is 2.72. The van der Waals surface area contributed by atoms with Crippen LogP contribution in [0.2, 0.25) is 5.02 Å². The van der Waals surface area contributed by atoms with Crippen LogP contribution in [0, 0.1) is 11.3 Å². The first kappa shape index (κ1) is 21.5. The van der Waals surface area contributed by atoms with Gasteiger partial charge in [-0.1, -0.05) is 31.4 Å². The zero-order valence-electron chi connectivity index (χ0n) is 16.7. The topological polar surface area (TPSA) is 141 Å². The standard InChI is InChI=1S/C20H25ClN8O/c1-12-4-2-3-5-16(12)27-20-24-11-14(18(23)30)19(28-20)26-13-6-7-15(21)17(10-13)29-25-9-8-22/h6-12,16,22,29H,2-5H2,1H3,(H2,23,30)(H2,24,26,27,28)/b22-8?,25-9-/t12?,16-/m1/s1. The second-order valence-corrected chi connectivity index (χ2v) is 7.62. The lowest BCUT2D eigenvalue weighted by Crippen LogP contribution is -2.31. The summed E-state index contributed by atoms with van der Waals surface area (Å²) in [6.45, 7) is 2.22. The molecule has 10 heteroatoms. The third-order valence-electron chi connectivity index (χ3n) is 5.04. The van der Waals surface area contributed by atoms with Gasteiger partial charge in [0.2, 0.25) is 5.95 Å². The summed E-state index contributed by atoms with van der Waals surface area (Å²) in [7, 11) is 0. The molecular weight excluding hydrogens is 404 g/mol. The van der Waals surface area contributed by atoms with Gasteiger partial charge in [0.1, 0.15) is 11.4 Å². The first-order chi connectivity index (χ1) is 14.5. The maximum absolute atomic E-state index is 11.9. The maximum atomic E-state index is 11.9. The molecular formula is C20H25ClN8O. The summed E-state index contributed by atoms with van der Waals surface area (Å²) in [5.74, 6) is 0.655. The van der Waals surface area contributed by atoms with E-state index in [9.17, 15) is 4.79 Å². The number of nitrogens with two attached hydrogens (primary N) is 1. The van der Waals surface area contributed by atoms with Gasteiger partial charge in [-0.3, -0.25) is 10.2 Å². The Morgan fingerprint density at radius 1 is 1.37 bits per heavy atom. The molecule has 1 aliphatic rings. The van der Waals surface area contributed by atoms with Crippen LogP contribution < -0.4 is 21.8 Å². The molecule has 2 atom stereocenters. The lowest BCUT2D eigenvalue weighted by atomic mass is 9.86. The number of nitrogens with one attached hydrogen (secondary N) is 4. The predicted molar refractivity (Wildman–Crippen MR) is 121 cm³/mol. The lowest BCUT2D eigenvalue weighted by Gasteiger charge is -2.29. The van der Waals surface area contributed by atoms with Crippen molar-refractivity contribution in [3.63, 3.8) is 0 Å². The van der Waals surface area contributed by atoms with Gasteiger partial charge < -0.3 is 21.8 Å². The number of hydrogen-bond donors (Lipinski definition) is 5. The number of primary amides is 1. The molecule has 1 saturated carbocycles. The highest BCUT2D eigenvalue weighted by Crippen LogP contribution is 2.29. The summed E-state index contributed by atoms with van der Waals surface area (Å²) in [5, 5.41) is 17.8. The number of carbonyl (C=O) groups excluding carboxylic acids is 1. The van der Waals surface area contributed by atoms with E-state index in [1.807, 2.05) is 0 Å². The molecule has 0 saturated heterocycles. The van der Waals surface area contributed by atoms with Gasteiger partial charge in [0.25, 0.3) is 5.91 Å². The maximum Gasteiger partial charge on any atom is 0.254 e. The number of amides is 1. The fourth-order valence-electron chi connectivity index (χ4n) is 3.39. The molecule has 0 bridgehead atoms. The van der Waals surface area contributed by atoms with Crippen LogP contribution in [0.4, 0.5) is 23.1 Å². The summed E-state index contributed by atoms with van der Waals surface area (Å²) in [5.41, 5.74) is 9.61. The van der Waals surface area contributed by atoms with Crippen LogP contribution in [0.1, 0.15) is 43.0 Å². The summed E-state index contributed by atoms with van der Waals surface area (Å²) in [4.78, 5) is 20.6. The minimum Gasteiger partial charge on any atom is -0.365 e. The number of hydrazone groups is 1. The third-order valence-corrected chi connectivity index (χ3v) is 5.37. The number of anilines is 4. The van der Waals surface area contributed by atoms with E-state index in [1.165, 1.54) is 31.7 Å². The first-order valence-corrected chi connectivity index (χ1v) is 10.1. The molecule has 1 amide bonds. The monoisotopic (exact) mass is 428 g/mol. The van der Waals surface area contributed by atoms with Crippen LogP contribution in [0.5, 0.6) is 0 Å². The fraction of sp³-hybridized carbons (Fsp3) is 0.350. The molecule has 0 radical (unpaired) electrons. The van der Waals surface area contributed by atoms with Crippen LogP contribution in [-0.2, 0) is 0 Å². The number of carbonyl (C=O) groups is 1. The van der Waals surface area contributed by atoms with Crippen molar-refractivity contribution in [2.45, 2.75) is 38.6 Å². The molecule has 1 aromatic carbocycles. The third kappa shape index (κ3) is 5.44. The Morgan fingerprint density at radius 2 is 2.17 bits per heavy atom. The molecule has 1 aromatic heterocycles. The van der Waals surface area contributed by atoms with Gasteiger partial charge in [-0.15, -0.1) is 0 Å². The van der Waals surface area contributed by atoms with Crippen molar-refractivity contribution in [3.8, 4) is 0 Å². The molecule has 1 heterocycles. The Labute approximate surface area is 180 Å². The number of nitrogens with zero attached hydrogens (tertiary/aromatic N) is 3. The zero-order valence-corrected chi connectivity index (χ0v) is 17.4. The highest BCUT2D eigenvalue weighted by molar-refractivity contribution is 6.33. The van der Waals surface area contributed by atoms with Crippen LogP contribution in [0.25, 0.3) is 0 Å². The molecule has 9 nitrogen and oxygen atoms in total. The SMILES string of the molecule is CC1CCCC[C@H]1Nc1ncc(C(N)=O)c(Nc2ccc(Cl)c(N/N=C\C=N)c2)n1. The molecule has 158 valence electrons. The van der Waals surface area contributed by atoms with Gasteiger partial charge >= 0.3 is 0 Å². The van der Waals surface area contributed by atoms with E-state index in [-0.39, 0.29) is 5.56 Å². The van der Waals surface area contributed by atoms with E-state index >= 15 is 0 Å². The van der Waals surface area contributed by atoms with Crippen molar-refractivity contribution in [3.05, 3.63) is 35.0 Å². The van der Waals surface area contributed by atoms with E-state index in [2.05, 4.69) is 38.1 Å². The Kier molecular flexibility index (Phi) is 7.18. The number of aromatic nitrogens is 2. The molecule has 1 aliphatic carbocycles. The highest BCUT2D eigenvalue weighted by Gasteiger charge is 2.22. The van der Waals surface area contributed by atoms with E-state index in [1.54, 1.807) is 18.2 Å². The van der Waals surface area contributed by atoms with E-state index in [4.69, 9.17) is 22.7 Å². The van der Waals surface area contributed by atoms with E-state index in [0.29, 0.717) is 40.1 Å². The smallest absolute Gasteiger partial charge is 0.254 e. The van der Waals surface area contributed by atoms with Gasteiger partial charge in [-0.05, 0) is 37.0 Å². The Bertz CT molecular complexity index is 948. The summed E-state index contributed by atoms with van der Waals surface area (Å²) < 4.78 is 0. The molecule has 2 aromatic rings. The average molecular weight is 429 g/mol. The van der Waals surface area contributed by atoms with Gasteiger partial charge in [0.15, 0.2) is 0 Å². The Hall–Kier alpha value is -3.20. The molecule has 30 heavy (non-hydrogen) atoms. The molecule has 0 spiro atoms. The van der Waals surface area contributed by atoms with Crippen molar-refractivity contribution in [1.82, 2.24) is 9.97 Å². The van der Waals surface area contributed by atoms with Crippen LogP contribution >= 0.6 is 11.6 Å². The number of hydrogen-bond acceptors (Lipinski definition) is 8. The van der Waals surface area contributed by atoms with Crippen LogP contribution in [-0.4, -0.2) is 34.3 Å². The second kappa shape index (κ2) is 10.0. The van der Waals surface area contributed by atoms with Gasteiger partial charge in [0.05, 0.1) is 16.9 Å². The Balaban J connectivity index is 1.84. The summed E-state index contributed by atoms with van der Waals surface area (Å²) in [6.07, 6.45) is 8.41. The minimum atomic E-state index is -0.627. The zero-order chi connectivity index (χ0) is 21.5. The predicted octanol–water partition coefficient (Wildman–Crippen LogP) is 4.01. The van der Waals surface area contributed by atoms with E-state index < -0.39 is 5.91 Å². The van der Waals surface area contributed by atoms with Gasteiger partial charge in [-0.2, -0.15) is 10.1 Å². The van der Waals surface area contributed by atoms with Crippen molar-refractivity contribution >= 4 is 53.1 Å². The van der Waals surface area contributed by atoms with E-state index in [0.717, 1.165) is 12.6 Å². The highest BCUT2D eigenvalue weighted by atomic mass is 35.5. The lowest BCUT2D eigenvalue weighted by molar-refractivity contribution is 0.100. The van der Waals surface area contributed by atoms with Crippen molar-refractivity contribution in [1.29, 1.82) is 5.41 Å². The molecule has 1 unspecified atom stereocenters. The fourth-order valence-corrected chi connectivity index (χ4v) is 3.55. The second-order valence-electron chi connectivity index (χ2n) is 7.21. The normalized spacial score (nSPS) is 18.7. The van der Waals surface area contributed by atoms with Crippen molar-refractivity contribution in [2.24, 2.45) is 16.8 Å². The van der Waals surface area contributed by atoms with Crippen LogP contribution in [0.3, 0.4) is 0 Å². The van der Waals surface area contributed by atoms with Crippen molar-refractivity contribution < 1.29 is 4.79 Å². The number of rotatable bonds is 8. The number of benzene rings is 1. The van der Waals surface area contributed by atoms with Gasteiger partial charge in [0, 0.05) is 24.1 Å². The van der Waals surface area contributed by atoms with Gasteiger partial charge in [-0.25, -0.2) is 4.98 Å². The largest absolute Gasteiger partial charge is 0.365 e. The van der Waals surface area contributed by atoms with Crippen molar-refractivity contribution in [2.75, 3.05) is 16.1 Å². The quantitative estimate of drug-likeness (QED) is 0.317. The Morgan fingerprint density at radius 3 is 2.90 bits per heavy atom. The summed E-state index contributed by atoms with van der Waals surface area (Å²) in [6, 6.07) is 5.44. The number of halogens is 1. The first-order valence-electron chi connectivity index (χ1n) is 9.76. The molecule has 0 aliphatic heterocycles. The van der Waals surface area contributed by atoms with Crippen LogP contribution in [0.15, 0.2) is 29.5 Å². The molecule has 1 fully saturated rings. The summed E-state index contributed by atoms with van der Waals surface area (Å²) >= 11 is 6.18.